The van der Waals surface area contributed by atoms with Crippen LogP contribution in [0.1, 0.15) is 67.7 Å². The Balaban J connectivity index is 2.04. The van der Waals surface area contributed by atoms with Crippen molar-refractivity contribution in [3.8, 4) is 0 Å². The minimum absolute atomic E-state index is 0.223. The molecule has 2 aromatic rings. The van der Waals surface area contributed by atoms with Crippen LogP contribution in [-0.4, -0.2) is 22.4 Å². The van der Waals surface area contributed by atoms with E-state index < -0.39 is 0 Å². The van der Waals surface area contributed by atoms with Gasteiger partial charge in [-0.15, -0.1) is 0 Å². The normalized spacial score (nSPS) is 10.8. The van der Waals surface area contributed by atoms with Crippen LogP contribution >= 0.6 is 0 Å². The summed E-state index contributed by atoms with van der Waals surface area (Å²) < 4.78 is 0. The van der Waals surface area contributed by atoms with E-state index in [1.165, 1.54) is 18.4 Å². The summed E-state index contributed by atoms with van der Waals surface area (Å²) in [5, 5.41) is 6.10. The number of benzene rings is 1. The van der Waals surface area contributed by atoms with Crippen LogP contribution in [0.2, 0.25) is 0 Å². The molecule has 0 saturated heterocycles. The zero-order valence-electron chi connectivity index (χ0n) is 15.6. The van der Waals surface area contributed by atoms with Gasteiger partial charge >= 0.3 is 0 Å². The van der Waals surface area contributed by atoms with Gasteiger partial charge in [-0.1, -0.05) is 45.7 Å². The van der Waals surface area contributed by atoms with Gasteiger partial charge in [-0.2, -0.15) is 0 Å². The highest BCUT2D eigenvalue weighted by molar-refractivity contribution is 6.03. The van der Waals surface area contributed by atoms with E-state index in [-0.39, 0.29) is 5.91 Å². The van der Waals surface area contributed by atoms with Gasteiger partial charge < -0.3 is 10.6 Å². The number of aryl methyl sites for hydroxylation is 1. The summed E-state index contributed by atoms with van der Waals surface area (Å²) in [4.78, 5) is 21.2. The second-order valence-electron chi connectivity index (χ2n) is 6.58. The van der Waals surface area contributed by atoms with Crippen molar-refractivity contribution in [3.05, 3.63) is 47.3 Å². The molecule has 0 aliphatic carbocycles. The fourth-order valence-electron chi connectivity index (χ4n) is 2.49. The van der Waals surface area contributed by atoms with E-state index in [1.54, 1.807) is 6.07 Å². The maximum absolute atomic E-state index is 12.5. The van der Waals surface area contributed by atoms with Crippen LogP contribution in [0.5, 0.6) is 0 Å². The van der Waals surface area contributed by atoms with Crippen molar-refractivity contribution in [2.24, 2.45) is 0 Å². The average Bonchev–Trinajstić information content (AvgIpc) is 2.58. The molecule has 0 aliphatic heterocycles. The molecule has 5 nitrogen and oxygen atoms in total. The topological polar surface area (TPSA) is 66.9 Å². The largest absolute Gasteiger partial charge is 0.354 e. The lowest BCUT2D eigenvalue weighted by Crippen LogP contribution is -2.16. The first-order chi connectivity index (χ1) is 12.0. The number of anilines is 2. The third-order valence-corrected chi connectivity index (χ3v) is 3.99. The van der Waals surface area contributed by atoms with E-state index in [0.717, 1.165) is 24.3 Å². The number of unbranched alkanes of at least 4 members (excludes halogenated alkanes) is 2. The third-order valence-electron chi connectivity index (χ3n) is 3.99. The summed E-state index contributed by atoms with van der Waals surface area (Å²) in [6.07, 6.45) is 3.40. The lowest BCUT2D eigenvalue weighted by molar-refractivity contribution is 0.102. The quantitative estimate of drug-likeness (QED) is 0.680. The third kappa shape index (κ3) is 5.85. The zero-order chi connectivity index (χ0) is 18.2. The minimum atomic E-state index is -0.223. The van der Waals surface area contributed by atoms with Crippen LogP contribution in [0.4, 0.5) is 11.6 Å². The van der Waals surface area contributed by atoms with Crippen molar-refractivity contribution in [2.75, 3.05) is 17.2 Å². The molecule has 0 unspecified atom stereocenters. The molecule has 1 heterocycles. The van der Waals surface area contributed by atoms with E-state index in [1.807, 2.05) is 31.2 Å². The molecule has 0 atom stereocenters. The molecule has 2 N–H and O–H groups in total. The van der Waals surface area contributed by atoms with Gasteiger partial charge in [0.1, 0.15) is 5.69 Å². The molecule has 2 rings (SSSR count). The van der Waals surface area contributed by atoms with Crippen molar-refractivity contribution in [2.45, 2.75) is 52.9 Å². The lowest BCUT2D eigenvalue weighted by atomic mass is 10.0. The first-order valence-electron chi connectivity index (χ1n) is 9.00. The van der Waals surface area contributed by atoms with Crippen molar-refractivity contribution in [3.63, 3.8) is 0 Å². The van der Waals surface area contributed by atoms with Crippen molar-refractivity contribution in [1.82, 2.24) is 9.97 Å². The Morgan fingerprint density at radius 2 is 1.84 bits per heavy atom. The predicted molar refractivity (Wildman–Crippen MR) is 103 cm³/mol. The maximum Gasteiger partial charge on any atom is 0.274 e. The lowest BCUT2D eigenvalue weighted by Gasteiger charge is -2.10. The smallest absolute Gasteiger partial charge is 0.274 e. The van der Waals surface area contributed by atoms with Crippen molar-refractivity contribution >= 4 is 17.5 Å². The second kappa shape index (κ2) is 9.16. The SMILES string of the molecule is CCCCCNc1nc(C)cc(C(=O)Nc2ccc(C(C)C)cc2)n1. The monoisotopic (exact) mass is 340 g/mol. The Morgan fingerprint density at radius 3 is 2.48 bits per heavy atom. The molecule has 1 aromatic carbocycles. The maximum atomic E-state index is 12.5. The number of carbonyl (C=O) groups excluding carboxylic acids is 1. The number of carbonyl (C=O) groups is 1. The summed E-state index contributed by atoms with van der Waals surface area (Å²) in [7, 11) is 0. The standard InChI is InChI=1S/C20H28N4O/c1-5-6-7-12-21-20-22-15(4)13-18(24-20)19(25)23-17-10-8-16(9-11-17)14(2)3/h8-11,13-14H,5-7,12H2,1-4H3,(H,23,25)(H,21,22,24). The van der Waals surface area contributed by atoms with Gasteiger partial charge in [0.25, 0.3) is 5.91 Å². The van der Waals surface area contributed by atoms with Crippen LogP contribution in [0.25, 0.3) is 0 Å². The molecule has 0 bridgehead atoms. The molecule has 25 heavy (non-hydrogen) atoms. The summed E-state index contributed by atoms with van der Waals surface area (Å²) in [5.41, 5.74) is 3.16. The Bertz CT molecular complexity index is 695. The summed E-state index contributed by atoms with van der Waals surface area (Å²) in [5.74, 6) is 0.756. The molecule has 0 aliphatic rings. The van der Waals surface area contributed by atoms with E-state index >= 15 is 0 Å². The Morgan fingerprint density at radius 1 is 1.12 bits per heavy atom. The molecule has 1 amide bonds. The van der Waals surface area contributed by atoms with E-state index in [2.05, 4.69) is 41.4 Å². The zero-order valence-corrected chi connectivity index (χ0v) is 15.6. The Labute approximate surface area is 150 Å². The van der Waals surface area contributed by atoms with Crippen LogP contribution in [0, 0.1) is 6.92 Å². The fraction of sp³-hybridized carbons (Fsp3) is 0.450. The van der Waals surface area contributed by atoms with Crippen molar-refractivity contribution in [1.29, 1.82) is 0 Å². The molecular formula is C20H28N4O. The van der Waals surface area contributed by atoms with E-state index in [0.29, 0.717) is 17.6 Å². The van der Waals surface area contributed by atoms with Crippen LogP contribution < -0.4 is 10.6 Å². The number of nitrogens with zero attached hydrogens (tertiary/aromatic N) is 2. The highest BCUT2D eigenvalue weighted by Crippen LogP contribution is 2.17. The summed E-state index contributed by atoms with van der Waals surface area (Å²) in [6.45, 7) is 9.14. The molecule has 0 radical (unpaired) electrons. The van der Waals surface area contributed by atoms with Gasteiger partial charge in [-0.3, -0.25) is 4.79 Å². The first-order valence-corrected chi connectivity index (χ1v) is 9.00. The highest BCUT2D eigenvalue weighted by atomic mass is 16.1. The molecule has 0 saturated carbocycles. The van der Waals surface area contributed by atoms with Gasteiger partial charge in [0.15, 0.2) is 0 Å². The number of aromatic nitrogens is 2. The average molecular weight is 340 g/mol. The van der Waals surface area contributed by atoms with Crippen LogP contribution in [0.15, 0.2) is 30.3 Å². The van der Waals surface area contributed by atoms with Crippen molar-refractivity contribution < 1.29 is 4.79 Å². The van der Waals surface area contributed by atoms with E-state index in [4.69, 9.17) is 0 Å². The fourth-order valence-corrected chi connectivity index (χ4v) is 2.49. The second-order valence-corrected chi connectivity index (χ2v) is 6.58. The molecule has 134 valence electrons. The van der Waals surface area contributed by atoms with Gasteiger partial charge in [-0.25, -0.2) is 9.97 Å². The molecule has 0 spiro atoms. The van der Waals surface area contributed by atoms with Gasteiger partial charge in [0, 0.05) is 17.9 Å². The highest BCUT2D eigenvalue weighted by Gasteiger charge is 2.11. The number of nitrogens with one attached hydrogen (secondary N) is 2. The van der Waals surface area contributed by atoms with Gasteiger partial charge in [0.2, 0.25) is 5.95 Å². The molecular weight excluding hydrogens is 312 g/mol. The first kappa shape index (κ1) is 18.9. The van der Waals surface area contributed by atoms with Crippen LogP contribution in [-0.2, 0) is 0 Å². The number of amides is 1. The molecule has 0 fully saturated rings. The number of hydrogen-bond donors (Lipinski definition) is 2. The summed E-state index contributed by atoms with van der Waals surface area (Å²) >= 11 is 0. The number of rotatable bonds is 8. The summed E-state index contributed by atoms with van der Waals surface area (Å²) in [6, 6.07) is 9.61. The predicted octanol–water partition coefficient (Wildman–Crippen LogP) is 4.76. The number of hydrogen-bond acceptors (Lipinski definition) is 4. The Hall–Kier alpha value is -2.43. The van der Waals surface area contributed by atoms with E-state index in [9.17, 15) is 4.79 Å². The van der Waals surface area contributed by atoms with Crippen LogP contribution in [0.3, 0.4) is 0 Å². The Kier molecular flexibility index (Phi) is 6.92. The molecule has 5 heteroatoms. The van der Waals surface area contributed by atoms with Gasteiger partial charge in [-0.05, 0) is 43.0 Å². The van der Waals surface area contributed by atoms with Gasteiger partial charge in [0.05, 0.1) is 0 Å². The minimum Gasteiger partial charge on any atom is -0.354 e. The molecule has 1 aromatic heterocycles.